The first-order valence-electron chi connectivity index (χ1n) is 7.94. The number of benzene rings is 2. The summed E-state index contributed by atoms with van der Waals surface area (Å²) in [6.07, 6.45) is 2.28. The SMILES string of the molecule is CCCC(NCc1cc(Br)ccc1OCC)c1ccccc1.Cl. The summed E-state index contributed by atoms with van der Waals surface area (Å²) in [4.78, 5) is 0. The zero-order chi connectivity index (χ0) is 15.8. The Morgan fingerprint density at radius 1 is 1.09 bits per heavy atom. The molecule has 0 fully saturated rings. The van der Waals surface area contributed by atoms with Crippen molar-refractivity contribution in [1.29, 1.82) is 0 Å². The van der Waals surface area contributed by atoms with Crippen LogP contribution >= 0.6 is 28.3 Å². The van der Waals surface area contributed by atoms with Gasteiger partial charge in [-0.25, -0.2) is 0 Å². The molecule has 2 aromatic rings. The second-order valence-electron chi connectivity index (χ2n) is 5.32. The van der Waals surface area contributed by atoms with Crippen molar-refractivity contribution in [1.82, 2.24) is 5.32 Å². The van der Waals surface area contributed by atoms with Gasteiger partial charge in [-0.05, 0) is 37.1 Å². The average Bonchev–Trinajstić information content (AvgIpc) is 2.54. The summed E-state index contributed by atoms with van der Waals surface area (Å²) in [5.74, 6) is 0.960. The van der Waals surface area contributed by atoms with Crippen molar-refractivity contribution in [3.05, 3.63) is 64.1 Å². The maximum Gasteiger partial charge on any atom is 0.123 e. The molecule has 4 heteroatoms. The molecule has 2 nitrogen and oxygen atoms in total. The van der Waals surface area contributed by atoms with E-state index in [0.29, 0.717) is 12.6 Å². The fraction of sp³-hybridized carbons (Fsp3) is 0.368. The number of nitrogens with one attached hydrogen (secondary N) is 1. The van der Waals surface area contributed by atoms with Gasteiger partial charge in [-0.3, -0.25) is 0 Å². The van der Waals surface area contributed by atoms with E-state index >= 15 is 0 Å². The zero-order valence-electron chi connectivity index (χ0n) is 13.7. The summed E-state index contributed by atoms with van der Waals surface area (Å²) in [5.41, 5.74) is 2.53. The Hall–Kier alpha value is -1.03. The average molecular weight is 399 g/mol. The minimum atomic E-state index is 0. The Bertz CT molecular complexity index is 577. The lowest BCUT2D eigenvalue weighted by atomic mass is 10.0. The molecule has 1 N–H and O–H groups in total. The van der Waals surface area contributed by atoms with Crippen molar-refractivity contribution in [2.75, 3.05) is 6.61 Å². The summed E-state index contributed by atoms with van der Waals surface area (Å²) in [5, 5.41) is 3.68. The monoisotopic (exact) mass is 397 g/mol. The van der Waals surface area contributed by atoms with Gasteiger partial charge in [0, 0.05) is 22.6 Å². The molecule has 0 aliphatic heterocycles. The van der Waals surface area contributed by atoms with Gasteiger partial charge in [0.15, 0.2) is 0 Å². The van der Waals surface area contributed by atoms with E-state index in [2.05, 4.69) is 64.6 Å². The summed E-state index contributed by atoms with van der Waals surface area (Å²) < 4.78 is 6.81. The lowest BCUT2D eigenvalue weighted by Gasteiger charge is -2.20. The first-order chi connectivity index (χ1) is 10.7. The van der Waals surface area contributed by atoms with Crippen LogP contribution in [0.5, 0.6) is 5.75 Å². The van der Waals surface area contributed by atoms with Crippen molar-refractivity contribution >= 4 is 28.3 Å². The minimum absolute atomic E-state index is 0. The maximum absolute atomic E-state index is 5.73. The van der Waals surface area contributed by atoms with Crippen molar-refractivity contribution < 1.29 is 4.74 Å². The van der Waals surface area contributed by atoms with Gasteiger partial charge in [0.25, 0.3) is 0 Å². The summed E-state index contributed by atoms with van der Waals surface area (Å²) in [6.45, 7) is 5.73. The van der Waals surface area contributed by atoms with Crippen LogP contribution in [0.1, 0.15) is 43.9 Å². The minimum Gasteiger partial charge on any atom is -0.494 e. The highest BCUT2D eigenvalue weighted by molar-refractivity contribution is 9.10. The lowest BCUT2D eigenvalue weighted by molar-refractivity contribution is 0.334. The molecule has 0 aromatic heterocycles. The molecule has 0 saturated carbocycles. The third-order valence-electron chi connectivity index (χ3n) is 3.64. The van der Waals surface area contributed by atoms with Crippen LogP contribution in [-0.2, 0) is 6.54 Å². The molecule has 0 bridgehead atoms. The summed E-state index contributed by atoms with van der Waals surface area (Å²) >= 11 is 3.55. The Balaban J connectivity index is 0.00000264. The third-order valence-corrected chi connectivity index (χ3v) is 4.13. The van der Waals surface area contributed by atoms with E-state index in [-0.39, 0.29) is 12.4 Å². The largest absolute Gasteiger partial charge is 0.494 e. The van der Waals surface area contributed by atoms with Gasteiger partial charge >= 0.3 is 0 Å². The molecule has 0 spiro atoms. The van der Waals surface area contributed by atoms with Crippen molar-refractivity contribution in [3.63, 3.8) is 0 Å². The lowest BCUT2D eigenvalue weighted by Crippen LogP contribution is -2.21. The van der Waals surface area contributed by atoms with Gasteiger partial charge in [0.2, 0.25) is 0 Å². The zero-order valence-corrected chi connectivity index (χ0v) is 16.1. The Kier molecular flexibility index (Phi) is 9.30. The Morgan fingerprint density at radius 3 is 2.48 bits per heavy atom. The van der Waals surface area contributed by atoms with Crippen molar-refractivity contribution in [2.45, 2.75) is 39.3 Å². The number of ether oxygens (including phenoxy) is 1. The maximum atomic E-state index is 5.73. The third kappa shape index (κ3) is 6.17. The van der Waals surface area contributed by atoms with Gasteiger partial charge in [0.1, 0.15) is 5.75 Å². The number of hydrogen-bond donors (Lipinski definition) is 1. The number of rotatable bonds is 8. The van der Waals surface area contributed by atoms with Crippen LogP contribution in [0.3, 0.4) is 0 Å². The van der Waals surface area contributed by atoms with E-state index in [1.54, 1.807) is 0 Å². The molecule has 0 amide bonds. The summed E-state index contributed by atoms with van der Waals surface area (Å²) in [6, 6.07) is 17.2. The van der Waals surface area contributed by atoms with Gasteiger partial charge < -0.3 is 10.1 Å². The molecule has 0 aliphatic carbocycles. The van der Waals surface area contributed by atoms with Gasteiger partial charge in [-0.15, -0.1) is 12.4 Å². The number of halogens is 2. The van der Waals surface area contributed by atoms with E-state index in [0.717, 1.165) is 29.6 Å². The first kappa shape index (κ1) is 20.0. The molecular weight excluding hydrogens is 374 g/mol. The van der Waals surface area contributed by atoms with Crippen LogP contribution in [0.4, 0.5) is 0 Å². The Morgan fingerprint density at radius 2 is 1.83 bits per heavy atom. The highest BCUT2D eigenvalue weighted by Gasteiger charge is 2.11. The highest BCUT2D eigenvalue weighted by Crippen LogP contribution is 2.25. The van der Waals surface area contributed by atoms with Crippen LogP contribution in [0.25, 0.3) is 0 Å². The van der Waals surface area contributed by atoms with E-state index < -0.39 is 0 Å². The molecule has 23 heavy (non-hydrogen) atoms. The molecular formula is C19H25BrClNO. The molecule has 0 aliphatic rings. The topological polar surface area (TPSA) is 21.3 Å². The fourth-order valence-electron chi connectivity index (χ4n) is 2.58. The number of hydrogen-bond acceptors (Lipinski definition) is 2. The quantitative estimate of drug-likeness (QED) is 0.597. The molecule has 2 rings (SSSR count). The smallest absolute Gasteiger partial charge is 0.123 e. The van der Waals surface area contributed by atoms with Crippen LogP contribution < -0.4 is 10.1 Å². The molecule has 1 atom stereocenters. The molecule has 126 valence electrons. The van der Waals surface area contributed by atoms with Crippen molar-refractivity contribution in [2.24, 2.45) is 0 Å². The second-order valence-corrected chi connectivity index (χ2v) is 6.23. The molecule has 0 heterocycles. The predicted molar refractivity (Wildman–Crippen MR) is 103 cm³/mol. The van der Waals surface area contributed by atoms with Crippen LogP contribution in [-0.4, -0.2) is 6.61 Å². The second kappa shape index (κ2) is 10.7. The van der Waals surface area contributed by atoms with Crippen LogP contribution in [0, 0.1) is 0 Å². The summed E-state index contributed by atoms with van der Waals surface area (Å²) in [7, 11) is 0. The van der Waals surface area contributed by atoms with E-state index in [9.17, 15) is 0 Å². The first-order valence-corrected chi connectivity index (χ1v) is 8.73. The molecule has 0 saturated heterocycles. The fourth-order valence-corrected chi connectivity index (χ4v) is 2.98. The van der Waals surface area contributed by atoms with Crippen molar-refractivity contribution in [3.8, 4) is 5.75 Å². The van der Waals surface area contributed by atoms with Gasteiger partial charge in [0.05, 0.1) is 6.61 Å². The molecule has 1 unspecified atom stereocenters. The van der Waals surface area contributed by atoms with E-state index in [1.165, 1.54) is 11.1 Å². The van der Waals surface area contributed by atoms with Crippen LogP contribution in [0.15, 0.2) is 53.0 Å². The van der Waals surface area contributed by atoms with Gasteiger partial charge in [-0.2, -0.15) is 0 Å². The van der Waals surface area contributed by atoms with E-state index in [4.69, 9.17) is 4.74 Å². The van der Waals surface area contributed by atoms with Crippen LogP contribution in [0.2, 0.25) is 0 Å². The highest BCUT2D eigenvalue weighted by atomic mass is 79.9. The standard InChI is InChI=1S/C19H24BrNO.ClH/c1-3-8-18(15-9-6-5-7-10-15)21-14-16-13-17(20)11-12-19(16)22-4-2;/h5-7,9-13,18,21H,3-4,8,14H2,1-2H3;1H. The van der Waals surface area contributed by atoms with Gasteiger partial charge in [-0.1, -0.05) is 59.6 Å². The molecule has 0 radical (unpaired) electrons. The molecule has 2 aromatic carbocycles. The Labute approximate surface area is 154 Å². The normalized spacial score (nSPS) is 11.6. The predicted octanol–water partition coefficient (Wildman–Crippen LogP) is 5.90. The van der Waals surface area contributed by atoms with E-state index in [1.807, 2.05) is 19.1 Å².